The summed E-state index contributed by atoms with van der Waals surface area (Å²) in [6, 6.07) is -2.62. The van der Waals surface area contributed by atoms with Crippen LogP contribution in [0.4, 0.5) is 0 Å². The summed E-state index contributed by atoms with van der Waals surface area (Å²) < 4.78 is 50.4. The van der Waals surface area contributed by atoms with Crippen molar-refractivity contribution in [2.45, 2.75) is 137 Å². The first-order valence-electron chi connectivity index (χ1n) is 18.2. The number of rotatable bonds is 18. The van der Waals surface area contributed by atoms with E-state index < -0.39 is 161 Å². The van der Waals surface area contributed by atoms with Gasteiger partial charge in [0.2, 0.25) is 11.8 Å². The van der Waals surface area contributed by atoms with Crippen LogP contribution in [0.5, 0.6) is 0 Å². The predicted molar refractivity (Wildman–Crippen MR) is 179 cm³/mol. The van der Waals surface area contributed by atoms with Gasteiger partial charge in [-0.2, -0.15) is 0 Å². The van der Waals surface area contributed by atoms with Crippen molar-refractivity contribution in [1.82, 2.24) is 10.6 Å². The topological polar surface area (TPSA) is 384 Å². The molecule has 0 bridgehead atoms. The van der Waals surface area contributed by atoms with Gasteiger partial charge >= 0.3 is 0 Å². The third-order valence-electron chi connectivity index (χ3n) is 9.74. The molecule has 0 spiro atoms. The third-order valence-corrected chi connectivity index (χ3v) is 9.74. The van der Waals surface area contributed by atoms with Crippen molar-refractivity contribution in [3.63, 3.8) is 0 Å². The van der Waals surface area contributed by atoms with Gasteiger partial charge in [0.25, 0.3) is 0 Å². The number of hydrogen-bond donors (Lipinski definition) is 14. The Balaban J connectivity index is 1.29. The van der Waals surface area contributed by atoms with Crippen LogP contribution >= 0.6 is 0 Å². The van der Waals surface area contributed by atoms with Gasteiger partial charge in [-0.1, -0.05) is 0 Å². The summed E-state index contributed by atoms with van der Waals surface area (Å²) in [5.41, 5.74) is 0. The molecule has 0 unspecified atom stereocenters. The van der Waals surface area contributed by atoms with Crippen LogP contribution in [0.1, 0.15) is 13.8 Å². The Morgan fingerprint density at radius 1 is 0.456 bits per heavy atom. The van der Waals surface area contributed by atoms with E-state index in [-0.39, 0.29) is 26.4 Å². The van der Waals surface area contributed by atoms with Gasteiger partial charge in [0.05, 0.1) is 52.9 Å². The number of nitrogens with one attached hydrogen (secondary N) is 2. The van der Waals surface area contributed by atoms with Crippen molar-refractivity contribution in [1.29, 1.82) is 0 Å². The van der Waals surface area contributed by atoms with Crippen molar-refractivity contribution >= 4 is 11.8 Å². The zero-order valence-corrected chi connectivity index (χ0v) is 31.1. The number of hydrogen-bond acceptors (Lipinski definition) is 23. The van der Waals surface area contributed by atoms with E-state index in [1.54, 1.807) is 0 Å². The van der Waals surface area contributed by atoms with Gasteiger partial charge in [0.15, 0.2) is 25.2 Å². The maximum Gasteiger partial charge on any atom is 0.217 e. The molecular weight excluding hydrogens is 780 g/mol. The van der Waals surface area contributed by atoms with Crippen LogP contribution in [0, 0.1) is 0 Å². The fourth-order valence-corrected chi connectivity index (χ4v) is 6.75. The highest BCUT2D eigenvalue weighted by molar-refractivity contribution is 5.73. The Labute approximate surface area is 325 Å². The van der Waals surface area contributed by atoms with E-state index in [1.165, 1.54) is 0 Å². The molecule has 4 aliphatic rings. The quantitative estimate of drug-likeness (QED) is 0.0570. The van der Waals surface area contributed by atoms with Crippen molar-refractivity contribution in [2.24, 2.45) is 0 Å². The first-order valence-corrected chi connectivity index (χ1v) is 18.2. The molecule has 4 aliphatic heterocycles. The van der Waals surface area contributed by atoms with Crippen LogP contribution in [0.3, 0.4) is 0 Å². The standard InChI is InChI=1S/C32H56N2O23/c1-11(39)33-17-21(43)27(56-31-25(47)23(45)19(41)13(7-35)52-31)15(9-37)54-29(17)50-5-3-49-4-6-51-30-18(34-12(2)40)22(44)28(16(10-38)55-30)57-32-26(48)24(46)20(42)14(8-36)53-32/h13-32,35-38,41-48H,3-10H2,1-2H3,(H,33,39)(H,34,40)/t13-,14-,15-,16-,17-,18-,19+,20+,21-,22-,23+,24+,25-,26-,27-,28-,29+,30+,31+,32+/m1/s1. The summed E-state index contributed by atoms with van der Waals surface area (Å²) in [6.07, 6.45) is -28.3. The molecule has 0 aromatic heterocycles. The lowest BCUT2D eigenvalue weighted by Crippen LogP contribution is -2.67. The SMILES string of the molecule is CC(=O)N[C@H]1[C@@H](OCCOCCO[C@H]2O[C@H](CO)[C@@H](O[C@@H]3O[C@H](CO)[C@H](O)[C@H](O)[C@H]3O)[C@H](O)[C@H]2NC(C)=O)O[C@H](CO)[C@@H](O[C@@H]2O[C@H](CO)[C@H](O)[C@H](O)[C@H]2O)[C@@H]1O. The summed E-state index contributed by atoms with van der Waals surface area (Å²) >= 11 is 0. The molecule has 332 valence electrons. The molecule has 4 saturated heterocycles. The highest BCUT2D eigenvalue weighted by atomic mass is 16.8. The van der Waals surface area contributed by atoms with E-state index in [0.29, 0.717) is 0 Å². The molecule has 25 heteroatoms. The fourth-order valence-electron chi connectivity index (χ4n) is 6.75. The Hall–Kier alpha value is -1.90. The van der Waals surface area contributed by atoms with Gasteiger partial charge in [0, 0.05) is 13.8 Å². The number of amides is 2. The molecule has 20 atom stereocenters. The maximum atomic E-state index is 12.0. The second-order valence-electron chi connectivity index (χ2n) is 13.8. The summed E-state index contributed by atoms with van der Waals surface area (Å²) in [7, 11) is 0. The minimum Gasteiger partial charge on any atom is -0.394 e. The van der Waals surface area contributed by atoms with Crippen LogP contribution in [-0.4, -0.2) is 249 Å². The molecule has 0 aromatic carbocycles. The van der Waals surface area contributed by atoms with Crippen LogP contribution in [0.25, 0.3) is 0 Å². The van der Waals surface area contributed by atoms with E-state index >= 15 is 0 Å². The van der Waals surface area contributed by atoms with Gasteiger partial charge in [0.1, 0.15) is 97.5 Å². The summed E-state index contributed by atoms with van der Waals surface area (Å²) in [6.45, 7) is -1.37. The lowest BCUT2D eigenvalue weighted by atomic mass is 9.95. The normalized spacial score (nSPS) is 44.0. The lowest BCUT2D eigenvalue weighted by molar-refractivity contribution is -0.349. The molecule has 2 amide bonds. The number of carbonyl (C=O) groups excluding carboxylic acids is 2. The first-order chi connectivity index (χ1) is 27.1. The summed E-state index contributed by atoms with van der Waals surface area (Å²) in [4.78, 5) is 24.0. The Kier molecular flexibility index (Phi) is 18.5. The third kappa shape index (κ3) is 11.7. The lowest BCUT2D eigenvalue weighted by Gasteiger charge is -2.47. The van der Waals surface area contributed by atoms with Crippen molar-refractivity contribution in [3.05, 3.63) is 0 Å². The van der Waals surface area contributed by atoms with E-state index in [2.05, 4.69) is 10.6 Å². The Bertz CT molecular complexity index is 1150. The second-order valence-corrected chi connectivity index (χ2v) is 13.8. The van der Waals surface area contributed by atoms with Gasteiger partial charge < -0.3 is 115 Å². The molecule has 57 heavy (non-hydrogen) atoms. The molecule has 25 nitrogen and oxygen atoms in total. The zero-order chi connectivity index (χ0) is 42.1. The zero-order valence-electron chi connectivity index (χ0n) is 31.1. The van der Waals surface area contributed by atoms with Crippen LogP contribution in [-0.2, 0) is 52.2 Å². The molecule has 4 rings (SSSR count). The molecule has 0 aromatic rings. The fraction of sp³-hybridized carbons (Fsp3) is 0.938. The second kappa shape index (κ2) is 22.1. The summed E-state index contributed by atoms with van der Waals surface area (Å²) in [5, 5.41) is 128. The van der Waals surface area contributed by atoms with Crippen LogP contribution in [0.15, 0.2) is 0 Å². The van der Waals surface area contributed by atoms with Gasteiger partial charge in [-0.15, -0.1) is 0 Å². The Morgan fingerprint density at radius 2 is 0.789 bits per heavy atom. The average Bonchev–Trinajstić information content (AvgIpc) is 3.18. The van der Waals surface area contributed by atoms with E-state index in [9.17, 15) is 70.9 Å². The molecule has 4 heterocycles. The number of aliphatic hydroxyl groups excluding tert-OH is 12. The average molecular weight is 837 g/mol. The molecule has 4 fully saturated rings. The first kappa shape index (κ1) is 47.8. The Morgan fingerprint density at radius 3 is 1.11 bits per heavy atom. The van der Waals surface area contributed by atoms with Crippen molar-refractivity contribution in [2.75, 3.05) is 52.9 Å². The van der Waals surface area contributed by atoms with Gasteiger partial charge in [-0.05, 0) is 0 Å². The van der Waals surface area contributed by atoms with Gasteiger partial charge in [-0.25, -0.2) is 0 Å². The molecule has 0 aliphatic carbocycles. The van der Waals surface area contributed by atoms with Gasteiger partial charge in [-0.3, -0.25) is 9.59 Å². The van der Waals surface area contributed by atoms with Crippen molar-refractivity contribution < 1.29 is 113 Å². The minimum absolute atomic E-state index is 0.127. The monoisotopic (exact) mass is 836 g/mol. The van der Waals surface area contributed by atoms with E-state index in [0.717, 1.165) is 13.8 Å². The minimum atomic E-state index is -1.83. The molecular formula is C32H56N2O23. The van der Waals surface area contributed by atoms with Crippen molar-refractivity contribution in [3.8, 4) is 0 Å². The largest absolute Gasteiger partial charge is 0.394 e. The maximum absolute atomic E-state index is 12.0. The number of ether oxygens (including phenoxy) is 9. The molecule has 14 N–H and O–H groups in total. The smallest absolute Gasteiger partial charge is 0.217 e. The van der Waals surface area contributed by atoms with E-state index in [1.807, 2.05) is 0 Å². The summed E-state index contributed by atoms with van der Waals surface area (Å²) in [5.74, 6) is -1.22. The molecule has 0 radical (unpaired) electrons. The molecule has 0 saturated carbocycles. The number of carbonyl (C=O) groups is 2. The number of aliphatic hydroxyl groups is 12. The van der Waals surface area contributed by atoms with Crippen LogP contribution in [0.2, 0.25) is 0 Å². The highest BCUT2D eigenvalue weighted by Gasteiger charge is 2.53. The highest BCUT2D eigenvalue weighted by Crippen LogP contribution is 2.31. The predicted octanol–water partition coefficient (Wildman–Crippen LogP) is -9.43. The van der Waals surface area contributed by atoms with E-state index in [4.69, 9.17) is 42.6 Å². The van der Waals surface area contributed by atoms with Crippen LogP contribution < -0.4 is 10.6 Å².